The molecular weight excluding hydrogens is 338 g/mol. The summed E-state index contributed by atoms with van der Waals surface area (Å²) in [7, 11) is 0. The van der Waals surface area contributed by atoms with Crippen LogP contribution in [0, 0.1) is 16.0 Å². The topological polar surface area (TPSA) is 79.0 Å². The molecule has 1 aliphatic heterocycles. The minimum Gasteiger partial charge on any atom is -0.411 e. The summed E-state index contributed by atoms with van der Waals surface area (Å²) in [6.07, 6.45) is 1.71. The van der Waals surface area contributed by atoms with Gasteiger partial charge in [0, 0.05) is 48.6 Å². The lowest BCUT2D eigenvalue weighted by Crippen LogP contribution is -2.40. The Morgan fingerprint density at radius 2 is 2.33 bits per heavy atom. The number of likely N-dealkylation sites (tertiary alicyclic amines) is 1. The molecule has 1 fully saturated rings. The molecule has 0 saturated carbocycles. The predicted octanol–water partition coefficient (Wildman–Crippen LogP) is 3.42. The second-order valence-electron chi connectivity index (χ2n) is 5.21. The number of oxime groups is 1. The van der Waals surface area contributed by atoms with Gasteiger partial charge in [0.25, 0.3) is 5.69 Å². The Kier molecular flexibility index (Phi) is 5.30. The summed E-state index contributed by atoms with van der Waals surface area (Å²) in [5.74, 6) is 0.278. The second kappa shape index (κ2) is 7.00. The molecule has 114 valence electrons. The first-order chi connectivity index (χ1) is 10.0. The summed E-state index contributed by atoms with van der Waals surface area (Å²) < 4.78 is 0.756. The molecule has 1 atom stereocenters. The van der Waals surface area contributed by atoms with Crippen molar-refractivity contribution in [1.82, 2.24) is 4.90 Å². The Labute approximate surface area is 131 Å². The number of halogens is 1. The number of non-ortho nitro benzene ring substituents is 1. The summed E-state index contributed by atoms with van der Waals surface area (Å²) >= 11 is 3.41. The lowest BCUT2D eigenvalue weighted by atomic mass is 9.93. The van der Waals surface area contributed by atoms with E-state index < -0.39 is 4.92 Å². The first-order valence-corrected chi connectivity index (χ1v) is 7.70. The average molecular weight is 356 g/mol. The molecule has 6 nitrogen and oxygen atoms in total. The summed E-state index contributed by atoms with van der Waals surface area (Å²) in [4.78, 5) is 12.6. The van der Waals surface area contributed by atoms with Crippen molar-refractivity contribution >= 4 is 27.3 Å². The first kappa shape index (κ1) is 15.9. The number of nitro groups is 1. The molecule has 1 saturated heterocycles. The second-order valence-corrected chi connectivity index (χ2v) is 6.07. The van der Waals surface area contributed by atoms with Crippen molar-refractivity contribution in [2.75, 3.05) is 13.1 Å². The van der Waals surface area contributed by atoms with Crippen LogP contribution in [0.5, 0.6) is 0 Å². The van der Waals surface area contributed by atoms with E-state index >= 15 is 0 Å². The summed E-state index contributed by atoms with van der Waals surface area (Å²) in [6, 6.07) is 4.86. The van der Waals surface area contributed by atoms with Gasteiger partial charge in [-0.2, -0.15) is 0 Å². The van der Waals surface area contributed by atoms with Crippen LogP contribution < -0.4 is 0 Å². The molecular formula is C14H18BrN3O3. The van der Waals surface area contributed by atoms with E-state index in [-0.39, 0.29) is 11.6 Å². The number of nitro benzene ring substituents is 1. The van der Waals surface area contributed by atoms with Crippen molar-refractivity contribution in [2.45, 2.75) is 26.3 Å². The summed E-state index contributed by atoms with van der Waals surface area (Å²) in [5.41, 5.74) is 1.99. The molecule has 0 amide bonds. The molecule has 1 aromatic rings. The Balaban J connectivity index is 2.07. The van der Waals surface area contributed by atoms with E-state index in [0.29, 0.717) is 0 Å². The number of hydrogen-bond donors (Lipinski definition) is 1. The highest BCUT2D eigenvalue weighted by atomic mass is 79.9. The lowest BCUT2D eigenvalue weighted by Gasteiger charge is -2.33. The number of nitrogens with zero attached hydrogens (tertiary/aromatic N) is 3. The molecule has 0 spiro atoms. The lowest BCUT2D eigenvalue weighted by molar-refractivity contribution is -0.384. The monoisotopic (exact) mass is 355 g/mol. The normalized spacial score (nSPS) is 21.6. The molecule has 1 aromatic carbocycles. The van der Waals surface area contributed by atoms with Gasteiger partial charge in [0.2, 0.25) is 0 Å². The third-order valence-corrected chi connectivity index (χ3v) is 4.63. The van der Waals surface area contributed by atoms with Gasteiger partial charge in [-0.1, -0.05) is 28.0 Å². The standard InChI is InChI=1S/C14H18BrN3O3/c1-2-10-8-17(6-5-14(10)16-19)9-11-3-4-12(18(20)21)7-13(11)15/h3-4,7,10,19H,2,5-6,8-9H2,1H3/b16-14+. The summed E-state index contributed by atoms with van der Waals surface area (Å²) in [5, 5.41) is 23.1. The van der Waals surface area contributed by atoms with Crippen molar-refractivity contribution < 1.29 is 10.1 Å². The van der Waals surface area contributed by atoms with E-state index in [0.717, 1.165) is 48.2 Å². The van der Waals surface area contributed by atoms with Crippen LogP contribution in [0.4, 0.5) is 5.69 Å². The predicted molar refractivity (Wildman–Crippen MR) is 83.7 cm³/mol. The minimum atomic E-state index is -0.396. The van der Waals surface area contributed by atoms with E-state index in [1.807, 2.05) is 0 Å². The number of benzene rings is 1. The van der Waals surface area contributed by atoms with E-state index in [2.05, 4.69) is 32.9 Å². The van der Waals surface area contributed by atoms with Crippen LogP contribution in [-0.2, 0) is 6.54 Å². The van der Waals surface area contributed by atoms with Crippen LogP contribution in [0.3, 0.4) is 0 Å². The van der Waals surface area contributed by atoms with Gasteiger partial charge in [-0.25, -0.2) is 0 Å². The number of rotatable bonds is 4. The first-order valence-electron chi connectivity index (χ1n) is 6.91. The Morgan fingerprint density at radius 1 is 1.57 bits per heavy atom. The Hall–Kier alpha value is -1.47. The Morgan fingerprint density at radius 3 is 2.90 bits per heavy atom. The molecule has 1 aliphatic rings. The molecule has 0 radical (unpaired) electrons. The fourth-order valence-electron chi connectivity index (χ4n) is 2.64. The zero-order valence-corrected chi connectivity index (χ0v) is 13.4. The number of hydrogen-bond acceptors (Lipinski definition) is 5. The molecule has 21 heavy (non-hydrogen) atoms. The third kappa shape index (κ3) is 3.79. The zero-order chi connectivity index (χ0) is 15.4. The fourth-order valence-corrected chi connectivity index (χ4v) is 3.14. The number of piperidine rings is 1. The van der Waals surface area contributed by atoms with Gasteiger partial charge >= 0.3 is 0 Å². The minimum absolute atomic E-state index is 0.0883. The molecule has 1 N–H and O–H groups in total. The van der Waals surface area contributed by atoms with Crippen molar-refractivity contribution in [3.63, 3.8) is 0 Å². The SMILES string of the molecule is CCC1CN(Cc2ccc([N+](=O)[O-])cc2Br)CC/C1=N\O. The van der Waals surface area contributed by atoms with Gasteiger partial charge in [-0.3, -0.25) is 15.0 Å². The molecule has 1 unspecified atom stereocenters. The quantitative estimate of drug-likeness (QED) is 0.509. The van der Waals surface area contributed by atoms with Crippen molar-refractivity contribution in [1.29, 1.82) is 0 Å². The maximum absolute atomic E-state index is 10.7. The maximum atomic E-state index is 10.7. The third-order valence-electron chi connectivity index (χ3n) is 3.90. The van der Waals surface area contributed by atoms with E-state index in [4.69, 9.17) is 5.21 Å². The van der Waals surface area contributed by atoms with Gasteiger partial charge < -0.3 is 5.21 Å². The van der Waals surface area contributed by atoms with Crippen molar-refractivity contribution in [2.24, 2.45) is 11.1 Å². The van der Waals surface area contributed by atoms with E-state index in [1.165, 1.54) is 12.1 Å². The smallest absolute Gasteiger partial charge is 0.270 e. The average Bonchev–Trinajstić information content (AvgIpc) is 2.48. The molecule has 0 aliphatic carbocycles. The highest BCUT2D eigenvalue weighted by Crippen LogP contribution is 2.26. The molecule has 0 bridgehead atoms. The fraction of sp³-hybridized carbons (Fsp3) is 0.500. The molecule has 2 rings (SSSR count). The summed E-state index contributed by atoms with van der Waals surface area (Å²) in [6.45, 7) is 4.49. The van der Waals surface area contributed by atoms with Gasteiger partial charge in [0.15, 0.2) is 0 Å². The van der Waals surface area contributed by atoms with Gasteiger partial charge in [-0.05, 0) is 18.1 Å². The van der Waals surface area contributed by atoms with Gasteiger partial charge in [-0.15, -0.1) is 0 Å². The van der Waals surface area contributed by atoms with Crippen LogP contribution in [0.2, 0.25) is 0 Å². The maximum Gasteiger partial charge on any atom is 0.270 e. The molecule has 7 heteroatoms. The van der Waals surface area contributed by atoms with Gasteiger partial charge in [0.05, 0.1) is 10.6 Å². The van der Waals surface area contributed by atoms with Gasteiger partial charge in [0.1, 0.15) is 0 Å². The van der Waals surface area contributed by atoms with E-state index in [9.17, 15) is 10.1 Å². The van der Waals surface area contributed by atoms with Crippen LogP contribution in [0.25, 0.3) is 0 Å². The van der Waals surface area contributed by atoms with E-state index in [1.54, 1.807) is 6.07 Å². The van der Waals surface area contributed by atoms with Crippen LogP contribution in [-0.4, -0.2) is 33.8 Å². The Bertz CT molecular complexity index is 562. The van der Waals surface area contributed by atoms with Crippen LogP contribution in [0.15, 0.2) is 27.8 Å². The molecule has 0 aromatic heterocycles. The van der Waals surface area contributed by atoms with Crippen LogP contribution in [0.1, 0.15) is 25.3 Å². The van der Waals surface area contributed by atoms with Crippen molar-refractivity contribution in [3.8, 4) is 0 Å². The van der Waals surface area contributed by atoms with Crippen molar-refractivity contribution in [3.05, 3.63) is 38.3 Å². The van der Waals surface area contributed by atoms with Crippen LogP contribution >= 0.6 is 15.9 Å². The zero-order valence-electron chi connectivity index (χ0n) is 11.8. The largest absolute Gasteiger partial charge is 0.411 e. The highest BCUT2D eigenvalue weighted by Gasteiger charge is 2.25. The highest BCUT2D eigenvalue weighted by molar-refractivity contribution is 9.10. The molecule has 1 heterocycles.